The van der Waals surface area contributed by atoms with Crippen LogP contribution in [0.3, 0.4) is 0 Å². The molecule has 1 aromatic carbocycles. The maximum Gasteiger partial charge on any atom is 0.0706 e. The Hall–Kier alpha value is -0.410. The van der Waals surface area contributed by atoms with Gasteiger partial charge in [-0.15, -0.1) is 0 Å². The second-order valence-corrected chi connectivity index (χ2v) is 4.66. The quantitative estimate of drug-likeness (QED) is 0.715. The van der Waals surface area contributed by atoms with E-state index in [0.717, 1.165) is 14.5 Å². The van der Waals surface area contributed by atoms with Crippen molar-refractivity contribution in [3.63, 3.8) is 0 Å². The standard InChI is InChI=1S/C10H7Br2N/c1-6-8-4-7(11)2-3-10(8)13-5-9(6)12/h2-5H,1H3. The fraction of sp³-hybridized carbons (Fsp3) is 0.100. The summed E-state index contributed by atoms with van der Waals surface area (Å²) >= 11 is 6.91. The van der Waals surface area contributed by atoms with Gasteiger partial charge in [0.25, 0.3) is 0 Å². The van der Waals surface area contributed by atoms with Crippen LogP contribution in [0.1, 0.15) is 5.56 Å². The summed E-state index contributed by atoms with van der Waals surface area (Å²) in [6.07, 6.45) is 1.84. The van der Waals surface area contributed by atoms with Gasteiger partial charge in [0.1, 0.15) is 0 Å². The summed E-state index contributed by atoms with van der Waals surface area (Å²) in [6.45, 7) is 2.08. The molecular formula is C10H7Br2N. The average molecular weight is 301 g/mol. The Kier molecular flexibility index (Phi) is 2.39. The van der Waals surface area contributed by atoms with Gasteiger partial charge in [-0.05, 0) is 46.6 Å². The minimum atomic E-state index is 1.03. The van der Waals surface area contributed by atoms with Crippen LogP contribution in [-0.4, -0.2) is 4.98 Å². The van der Waals surface area contributed by atoms with Crippen molar-refractivity contribution in [1.29, 1.82) is 0 Å². The lowest BCUT2D eigenvalue weighted by atomic mass is 10.1. The van der Waals surface area contributed by atoms with Crippen molar-refractivity contribution < 1.29 is 0 Å². The molecule has 1 heterocycles. The van der Waals surface area contributed by atoms with Crippen molar-refractivity contribution in [2.75, 3.05) is 0 Å². The Balaban J connectivity index is 2.89. The molecule has 0 aliphatic heterocycles. The van der Waals surface area contributed by atoms with Crippen LogP contribution in [0.2, 0.25) is 0 Å². The van der Waals surface area contributed by atoms with E-state index in [2.05, 4.69) is 49.8 Å². The fourth-order valence-corrected chi connectivity index (χ4v) is 1.95. The van der Waals surface area contributed by atoms with E-state index in [0.29, 0.717) is 0 Å². The first-order chi connectivity index (χ1) is 6.18. The summed E-state index contributed by atoms with van der Waals surface area (Å²) in [5, 5.41) is 1.18. The number of halogens is 2. The van der Waals surface area contributed by atoms with Gasteiger partial charge in [0.15, 0.2) is 0 Å². The summed E-state index contributed by atoms with van der Waals surface area (Å²) in [5.41, 5.74) is 2.26. The van der Waals surface area contributed by atoms with E-state index in [-0.39, 0.29) is 0 Å². The number of aromatic nitrogens is 1. The molecule has 0 fully saturated rings. The molecule has 0 aliphatic rings. The monoisotopic (exact) mass is 299 g/mol. The molecule has 2 rings (SSSR count). The van der Waals surface area contributed by atoms with Crippen molar-refractivity contribution in [3.05, 3.63) is 38.9 Å². The molecule has 0 N–H and O–H groups in total. The van der Waals surface area contributed by atoms with Crippen LogP contribution in [0.4, 0.5) is 0 Å². The minimum absolute atomic E-state index is 1.03. The van der Waals surface area contributed by atoms with Crippen LogP contribution in [0.15, 0.2) is 33.3 Å². The van der Waals surface area contributed by atoms with Crippen molar-refractivity contribution in [3.8, 4) is 0 Å². The van der Waals surface area contributed by atoms with Gasteiger partial charge in [0, 0.05) is 20.5 Å². The third kappa shape index (κ3) is 1.63. The summed E-state index contributed by atoms with van der Waals surface area (Å²) in [5.74, 6) is 0. The highest BCUT2D eigenvalue weighted by molar-refractivity contribution is 9.10. The third-order valence-electron chi connectivity index (χ3n) is 2.04. The van der Waals surface area contributed by atoms with E-state index in [9.17, 15) is 0 Å². The molecule has 0 atom stereocenters. The molecule has 13 heavy (non-hydrogen) atoms. The number of hydrogen-bond acceptors (Lipinski definition) is 1. The minimum Gasteiger partial charge on any atom is -0.255 e. The molecule has 0 spiro atoms. The molecule has 0 aliphatic carbocycles. The van der Waals surface area contributed by atoms with E-state index < -0.39 is 0 Å². The molecule has 1 nitrogen and oxygen atoms in total. The molecule has 66 valence electrons. The zero-order valence-electron chi connectivity index (χ0n) is 7.01. The van der Waals surface area contributed by atoms with Gasteiger partial charge in [-0.25, -0.2) is 0 Å². The number of rotatable bonds is 0. The zero-order valence-corrected chi connectivity index (χ0v) is 10.2. The van der Waals surface area contributed by atoms with Crippen molar-refractivity contribution in [2.24, 2.45) is 0 Å². The lowest BCUT2D eigenvalue weighted by molar-refractivity contribution is 1.34. The first kappa shape index (κ1) is 9.16. The predicted molar refractivity (Wildman–Crippen MR) is 61.9 cm³/mol. The van der Waals surface area contributed by atoms with Gasteiger partial charge < -0.3 is 0 Å². The molecule has 1 aromatic heterocycles. The van der Waals surface area contributed by atoms with Gasteiger partial charge in [-0.1, -0.05) is 15.9 Å². The Morgan fingerprint density at radius 3 is 2.77 bits per heavy atom. The smallest absolute Gasteiger partial charge is 0.0706 e. The normalized spacial score (nSPS) is 10.7. The first-order valence-corrected chi connectivity index (χ1v) is 5.47. The Morgan fingerprint density at radius 1 is 1.23 bits per heavy atom. The number of pyridine rings is 1. The predicted octanol–water partition coefficient (Wildman–Crippen LogP) is 4.07. The van der Waals surface area contributed by atoms with Gasteiger partial charge >= 0.3 is 0 Å². The van der Waals surface area contributed by atoms with Crippen LogP contribution >= 0.6 is 31.9 Å². The maximum atomic E-state index is 4.31. The number of nitrogens with zero attached hydrogens (tertiary/aromatic N) is 1. The molecular weight excluding hydrogens is 294 g/mol. The highest BCUT2D eigenvalue weighted by atomic mass is 79.9. The molecule has 0 saturated heterocycles. The Bertz CT molecular complexity index is 460. The fourth-order valence-electron chi connectivity index (χ4n) is 1.27. The van der Waals surface area contributed by atoms with Crippen LogP contribution < -0.4 is 0 Å². The molecule has 0 radical (unpaired) electrons. The summed E-state index contributed by atoms with van der Waals surface area (Å²) in [7, 11) is 0. The summed E-state index contributed by atoms with van der Waals surface area (Å²) in [6, 6.07) is 6.10. The number of hydrogen-bond donors (Lipinski definition) is 0. The van der Waals surface area contributed by atoms with Crippen LogP contribution in [0, 0.1) is 6.92 Å². The molecule has 0 saturated carbocycles. The molecule has 3 heteroatoms. The third-order valence-corrected chi connectivity index (χ3v) is 3.33. The lowest BCUT2D eigenvalue weighted by Gasteiger charge is -2.03. The summed E-state index contributed by atoms with van der Waals surface area (Å²) < 4.78 is 2.14. The summed E-state index contributed by atoms with van der Waals surface area (Å²) in [4.78, 5) is 4.31. The first-order valence-electron chi connectivity index (χ1n) is 3.89. The molecule has 0 amide bonds. The largest absolute Gasteiger partial charge is 0.255 e. The van der Waals surface area contributed by atoms with E-state index in [1.54, 1.807) is 0 Å². The topological polar surface area (TPSA) is 12.9 Å². The van der Waals surface area contributed by atoms with E-state index in [1.807, 2.05) is 18.3 Å². The Labute approximate surface area is 93.4 Å². The lowest BCUT2D eigenvalue weighted by Crippen LogP contribution is -1.84. The van der Waals surface area contributed by atoms with Crippen molar-refractivity contribution in [1.82, 2.24) is 4.98 Å². The molecule has 2 aromatic rings. The van der Waals surface area contributed by atoms with Gasteiger partial charge in [0.2, 0.25) is 0 Å². The second kappa shape index (κ2) is 3.39. The second-order valence-electron chi connectivity index (χ2n) is 2.89. The number of aryl methyl sites for hydroxylation is 1. The zero-order chi connectivity index (χ0) is 9.42. The van der Waals surface area contributed by atoms with Gasteiger partial charge in [-0.2, -0.15) is 0 Å². The van der Waals surface area contributed by atoms with Gasteiger partial charge in [0.05, 0.1) is 5.52 Å². The SMILES string of the molecule is Cc1c(Br)cnc2ccc(Br)cc12. The number of benzene rings is 1. The molecule has 0 bridgehead atoms. The molecule has 0 unspecified atom stereocenters. The Morgan fingerprint density at radius 2 is 2.00 bits per heavy atom. The van der Waals surface area contributed by atoms with Gasteiger partial charge in [-0.3, -0.25) is 4.98 Å². The highest BCUT2D eigenvalue weighted by Gasteiger charge is 2.02. The number of fused-ring (bicyclic) bond motifs is 1. The highest BCUT2D eigenvalue weighted by Crippen LogP contribution is 2.25. The van der Waals surface area contributed by atoms with Crippen LogP contribution in [0.25, 0.3) is 10.9 Å². The average Bonchev–Trinajstić information content (AvgIpc) is 2.12. The van der Waals surface area contributed by atoms with Crippen molar-refractivity contribution >= 4 is 42.8 Å². The van der Waals surface area contributed by atoms with E-state index in [4.69, 9.17) is 0 Å². The van der Waals surface area contributed by atoms with E-state index in [1.165, 1.54) is 10.9 Å². The van der Waals surface area contributed by atoms with Crippen LogP contribution in [-0.2, 0) is 0 Å². The maximum absolute atomic E-state index is 4.31. The van der Waals surface area contributed by atoms with E-state index >= 15 is 0 Å². The van der Waals surface area contributed by atoms with Crippen molar-refractivity contribution in [2.45, 2.75) is 6.92 Å². The van der Waals surface area contributed by atoms with Crippen LogP contribution in [0.5, 0.6) is 0 Å².